The van der Waals surface area contributed by atoms with Crippen LogP contribution in [0.3, 0.4) is 0 Å². The Bertz CT molecular complexity index is 154. The Labute approximate surface area is 86.1 Å². The van der Waals surface area contributed by atoms with E-state index in [9.17, 15) is 19.1 Å². The van der Waals surface area contributed by atoms with Crippen molar-refractivity contribution in [3.63, 3.8) is 0 Å². The average Bonchev–Trinajstić information content (AvgIpc) is 1.59. The number of carbonyl (C=O) groups excluding carboxylic acids is 1. The van der Waals surface area contributed by atoms with Gasteiger partial charge in [0.2, 0.25) is 0 Å². The first-order valence-corrected chi connectivity index (χ1v) is 3.14. The van der Waals surface area contributed by atoms with Crippen molar-refractivity contribution in [2.45, 2.75) is 0 Å². The van der Waals surface area contributed by atoms with E-state index in [-0.39, 0.29) is 37.7 Å². The maximum atomic E-state index is 9.63. The summed E-state index contributed by atoms with van der Waals surface area (Å²) in [6, 6.07) is -1.25. The number of carbonyl (C=O) groups is 1. The van der Waals surface area contributed by atoms with Gasteiger partial charge in [-0.1, -0.05) is 0 Å². The molecule has 0 heterocycles. The maximum Gasteiger partial charge on any atom is 2.00 e. The van der Waals surface area contributed by atoms with Crippen LogP contribution in [0.5, 0.6) is 0 Å². The van der Waals surface area contributed by atoms with Gasteiger partial charge < -0.3 is 20.1 Å². The number of hydrogen-bond donors (Lipinski definition) is 2. The second-order valence-corrected chi connectivity index (χ2v) is 2.08. The Morgan fingerprint density at radius 2 is 2.00 bits per heavy atom. The van der Waals surface area contributed by atoms with Crippen molar-refractivity contribution in [1.29, 1.82) is 0 Å². The quantitative estimate of drug-likeness (QED) is 0.275. The van der Waals surface area contributed by atoms with E-state index in [1.807, 2.05) is 0 Å². The Morgan fingerprint density at radius 1 is 1.60 bits per heavy atom. The molecule has 0 aromatic rings. The van der Waals surface area contributed by atoms with E-state index in [1.165, 1.54) is 0 Å². The molecule has 0 rings (SSSR count). The summed E-state index contributed by atoms with van der Waals surface area (Å²) >= 11 is 0. The standard InChI is InChI=1S/CH5N2O5P.Ca/c2-1(4)3-8-9(5,6)7;/h(H3,2,3,4)(H2,5,6,7);/q;+2/p-2. The largest absolute Gasteiger partial charge is 2.00 e. The number of hydrogen-bond acceptors (Lipinski definition) is 5. The molecule has 0 aliphatic heterocycles. The van der Waals surface area contributed by atoms with Gasteiger partial charge in [-0.3, -0.25) is 0 Å². The second-order valence-electron chi connectivity index (χ2n) is 1.00. The van der Waals surface area contributed by atoms with Gasteiger partial charge in [0, 0.05) is 0 Å². The third-order valence-corrected chi connectivity index (χ3v) is 0.573. The summed E-state index contributed by atoms with van der Waals surface area (Å²) in [5.74, 6) is 0. The van der Waals surface area contributed by atoms with Gasteiger partial charge in [0.15, 0.2) is 0 Å². The van der Waals surface area contributed by atoms with Crippen LogP contribution in [-0.2, 0) is 9.19 Å². The average molecular weight is 194 g/mol. The molecule has 0 spiro atoms. The Kier molecular flexibility index (Phi) is 7.03. The van der Waals surface area contributed by atoms with Crippen molar-refractivity contribution in [1.82, 2.24) is 5.48 Å². The minimum Gasteiger partial charge on any atom is -0.788 e. The van der Waals surface area contributed by atoms with Crippen LogP contribution in [0.2, 0.25) is 0 Å². The minimum atomic E-state index is -5.13. The van der Waals surface area contributed by atoms with Crippen LogP contribution in [-0.4, -0.2) is 43.8 Å². The van der Waals surface area contributed by atoms with E-state index in [1.54, 1.807) is 0 Å². The van der Waals surface area contributed by atoms with Crippen molar-refractivity contribution in [3.05, 3.63) is 0 Å². The van der Waals surface area contributed by atoms with Crippen molar-refractivity contribution in [3.8, 4) is 0 Å². The molecule has 0 aromatic carbocycles. The second kappa shape index (κ2) is 5.31. The molecule has 0 fully saturated rings. The molecule has 0 bridgehead atoms. The normalized spacial score (nSPS) is 9.80. The van der Waals surface area contributed by atoms with Crippen LogP contribution in [0.1, 0.15) is 0 Å². The maximum absolute atomic E-state index is 9.63. The minimum absolute atomic E-state index is 0. The number of nitrogens with two attached hydrogens (primary N) is 1. The summed E-state index contributed by atoms with van der Waals surface area (Å²) < 4.78 is 12.7. The number of phosphoric acid groups is 1. The number of hydroxylamine groups is 1. The topological polar surface area (TPSA) is 128 Å². The van der Waals surface area contributed by atoms with E-state index in [2.05, 4.69) is 10.4 Å². The molecule has 0 aliphatic carbocycles. The molecular formula is CH3CaN2O5P. The smallest absolute Gasteiger partial charge is 0.788 e. The zero-order valence-corrected chi connectivity index (χ0v) is 7.88. The fourth-order valence-electron chi connectivity index (χ4n) is 0.101. The van der Waals surface area contributed by atoms with Crippen LogP contribution in [0, 0.1) is 0 Å². The zero-order valence-electron chi connectivity index (χ0n) is 4.77. The summed E-state index contributed by atoms with van der Waals surface area (Å²) in [6.45, 7) is 0. The van der Waals surface area contributed by atoms with Gasteiger partial charge in [0.25, 0.3) is 0 Å². The predicted octanol–water partition coefficient (Wildman–Crippen LogP) is -2.97. The molecule has 54 valence electrons. The fourth-order valence-corrected chi connectivity index (χ4v) is 0.303. The molecule has 0 atom stereocenters. The van der Waals surface area contributed by atoms with E-state index < -0.39 is 13.9 Å². The van der Waals surface area contributed by atoms with Gasteiger partial charge in [-0.2, -0.15) is 0 Å². The number of nitrogens with one attached hydrogen (secondary N) is 1. The first-order chi connectivity index (χ1) is 3.92. The zero-order chi connectivity index (χ0) is 7.49. The van der Waals surface area contributed by atoms with Crippen molar-refractivity contribution < 1.29 is 23.8 Å². The molecule has 0 unspecified atom stereocenters. The SMILES string of the molecule is NC(=O)NOP(=O)([O-])[O-].[Ca+2]. The predicted molar refractivity (Wildman–Crippen MR) is 27.2 cm³/mol. The molecule has 0 radical (unpaired) electrons. The molecule has 0 aliphatic rings. The van der Waals surface area contributed by atoms with Crippen LogP contribution < -0.4 is 21.0 Å². The third-order valence-electron chi connectivity index (χ3n) is 0.258. The van der Waals surface area contributed by atoms with E-state index >= 15 is 0 Å². The number of primary amides is 1. The van der Waals surface area contributed by atoms with Crippen molar-refractivity contribution in [2.75, 3.05) is 0 Å². The molecular weight excluding hydrogens is 191 g/mol. The number of rotatable bonds is 2. The van der Waals surface area contributed by atoms with Crippen LogP contribution in [0.25, 0.3) is 0 Å². The van der Waals surface area contributed by atoms with Crippen LogP contribution in [0.4, 0.5) is 4.79 Å². The van der Waals surface area contributed by atoms with E-state index in [4.69, 9.17) is 0 Å². The summed E-state index contributed by atoms with van der Waals surface area (Å²) in [4.78, 5) is 28.7. The monoisotopic (exact) mass is 194 g/mol. The molecule has 10 heavy (non-hydrogen) atoms. The van der Waals surface area contributed by atoms with Crippen LogP contribution >= 0.6 is 7.82 Å². The third kappa shape index (κ3) is 11.4. The van der Waals surface area contributed by atoms with Gasteiger partial charge in [0.1, 0.15) is 0 Å². The van der Waals surface area contributed by atoms with Gasteiger partial charge >= 0.3 is 43.8 Å². The Morgan fingerprint density at radius 3 is 2.10 bits per heavy atom. The summed E-state index contributed by atoms with van der Waals surface area (Å²) in [5.41, 5.74) is 5.46. The molecule has 0 saturated carbocycles. The molecule has 9 heteroatoms. The van der Waals surface area contributed by atoms with E-state index in [0.29, 0.717) is 0 Å². The van der Waals surface area contributed by atoms with Gasteiger partial charge in [0.05, 0.1) is 7.82 Å². The molecule has 3 N–H and O–H groups in total. The van der Waals surface area contributed by atoms with Crippen LogP contribution in [0.15, 0.2) is 0 Å². The van der Waals surface area contributed by atoms with Gasteiger partial charge in [-0.25, -0.2) is 14.9 Å². The van der Waals surface area contributed by atoms with Crippen molar-refractivity contribution in [2.24, 2.45) is 5.73 Å². The Balaban J connectivity index is 0. The Hall–Kier alpha value is 0.640. The molecule has 0 aromatic heterocycles. The molecule has 7 nitrogen and oxygen atoms in total. The molecule has 2 amide bonds. The van der Waals surface area contributed by atoms with Gasteiger partial charge in [-0.05, 0) is 0 Å². The summed E-state index contributed by atoms with van der Waals surface area (Å²) in [6.07, 6.45) is 0. The van der Waals surface area contributed by atoms with Crippen molar-refractivity contribution >= 4 is 51.6 Å². The number of amides is 2. The summed E-state index contributed by atoms with van der Waals surface area (Å²) in [7, 11) is -5.13. The first-order valence-electron chi connectivity index (χ1n) is 1.68. The molecule has 0 saturated heterocycles. The van der Waals surface area contributed by atoms with Gasteiger partial charge in [-0.15, -0.1) is 0 Å². The first kappa shape index (κ1) is 13.2. The number of urea groups is 1. The van der Waals surface area contributed by atoms with E-state index in [0.717, 1.165) is 5.48 Å². The fraction of sp³-hybridized carbons (Fsp3) is 0. The summed E-state index contributed by atoms with van der Waals surface area (Å²) in [5, 5.41) is 0.